The smallest absolute Gasteiger partial charge is 0.109 e. The number of aromatic nitrogens is 2. The molecule has 3 nitrogen and oxygen atoms in total. The van der Waals surface area contributed by atoms with Gasteiger partial charge >= 0.3 is 0 Å². The average Bonchev–Trinajstić information content (AvgIpc) is 2.85. The van der Waals surface area contributed by atoms with Gasteiger partial charge in [0.15, 0.2) is 0 Å². The molecule has 0 bridgehead atoms. The number of para-hydroxylation sites is 2. The highest BCUT2D eigenvalue weighted by Gasteiger charge is 2.16. The summed E-state index contributed by atoms with van der Waals surface area (Å²) >= 11 is 0. The number of rotatable bonds is 5. The van der Waals surface area contributed by atoms with Gasteiger partial charge in [-0.2, -0.15) is 0 Å². The molecule has 0 unspecified atom stereocenters. The van der Waals surface area contributed by atoms with Gasteiger partial charge in [0.05, 0.1) is 17.6 Å². The zero-order valence-electron chi connectivity index (χ0n) is 12.1. The van der Waals surface area contributed by atoms with Crippen molar-refractivity contribution in [3.05, 3.63) is 30.1 Å². The van der Waals surface area contributed by atoms with E-state index in [1.165, 1.54) is 38.5 Å². The van der Waals surface area contributed by atoms with Crippen LogP contribution >= 0.6 is 0 Å². The second kappa shape index (κ2) is 6.40. The number of aliphatic hydroxyl groups excluding tert-OH is 1. The third-order valence-electron chi connectivity index (χ3n) is 4.56. The molecule has 0 saturated heterocycles. The predicted octanol–water partition coefficient (Wildman–Crippen LogP) is 3.54. The molecule has 0 spiro atoms. The maximum absolute atomic E-state index is 9.29. The van der Waals surface area contributed by atoms with Crippen molar-refractivity contribution < 1.29 is 5.11 Å². The Labute approximate surface area is 120 Å². The van der Waals surface area contributed by atoms with Crippen molar-refractivity contribution in [3.63, 3.8) is 0 Å². The van der Waals surface area contributed by atoms with Crippen LogP contribution in [0.5, 0.6) is 0 Å². The highest BCUT2D eigenvalue weighted by molar-refractivity contribution is 5.75. The summed E-state index contributed by atoms with van der Waals surface area (Å²) in [5.41, 5.74) is 2.21. The van der Waals surface area contributed by atoms with Crippen LogP contribution in [0.1, 0.15) is 44.3 Å². The second-order valence-electron chi connectivity index (χ2n) is 5.93. The molecule has 1 aliphatic rings. The van der Waals surface area contributed by atoms with Crippen LogP contribution in [0.4, 0.5) is 0 Å². The third-order valence-corrected chi connectivity index (χ3v) is 4.56. The minimum absolute atomic E-state index is 0.177. The van der Waals surface area contributed by atoms with Crippen LogP contribution < -0.4 is 0 Å². The molecular formula is C17H24N2O. The summed E-state index contributed by atoms with van der Waals surface area (Å²) < 4.78 is 2.19. The first-order valence-electron chi connectivity index (χ1n) is 7.93. The van der Waals surface area contributed by atoms with E-state index in [1.807, 2.05) is 12.1 Å². The Morgan fingerprint density at radius 2 is 1.95 bits per heavy atom. The van der Waals surface area contributed by atoms with Crippen molar-refractivity contribution in [2.24, 2.45) is 5.92 Å². The lowest BCUT2D eigenvalue weighted by Crippen LogP contribution is -2.11. The number of aliphatic hydroxyl groups is 1. The minimum Gasteiger partial charge on any atom is -0.395 e. The monoisotopic (exact) mass is 272 g/mol. The van der Waals surface area contributed by atoms with Crippen molar-refractivity contribution in [3.8, 4) is 0 Å². The molecule has 1 aliphatic carbocycles. The number of benzene rings is 1. The standard InChI is InChI=1S/C17H24N2O/c20-13-12-19-16-9-5-4-8-15(16)18-17(19)11-10-14-6-2-1-3-7-14/h4-5,8-9,14,20H,1-3,6-7,10-13H2. The molecule has 3 heteroatoms. The van der Waals surface area contributed by atoms with Gasteiger partial charge in [-0.25, -0.2) is 4.98 Å². The van der Waals surface area contributed by atoms with Crippen molar-refractivity contribution in [2.75, 3.05) is 6.61 Å². The van der Waals surface area contributed by atoms with Gasteiger partial charge < -0.3 is 9.67 Å². The Hall–Kier alpha value is -1.35. The molecule has 2 aromatic rings. The molecule has 0 radical (unpaired) electrons. The highest BCUT2D eigenvalue weighted by Crippen LogP contribution is 2.28. The number of nitrogens with zero attached hydrogens (tertiary/aromatic N) is 2. The van der Waals surface area contributed by atoms with E-state index in [0.29, 0.717) is 6.54 Å². The van der Waals surface area contributed by atoms with Gasteiger partial charge in [0.25, 0.3) is 0 Å². The van der Waals surface area contributed by atoms with Crippen LogP contribution in [0.3, 0.4) is 0 Å². The first kappa shape index (κ1) is 13.6. The van der Waals surface area contributed by atoms with Crippen molar-refractivity contribution >= 4 is 11.0 Å². The van der Waals surface area contributed by atoms with Gasteiger partial charge in [-0.15, -0.1) is 0 Å². The summed E-state index contributed by atoms with van der Waals surface area (Å²) in [5, 5.41) is 9.29. The Morgan fingerprint density at radius 1 is 1.15 bits per heavy atom. The molecular weight excluding hydrogens is 248 g/mol. The number of hydrogen-bond donors (Lipinski definition) is 1. The predicted molar refractivity (Wildman–Crippen MR) is 81.7 cm³/mol. The van der Waals surface area contributed by atoms with Crippen LogP contribution in [0.25, 0.3) is 11.0 Å². The van der Waals surface area contributed by atoms with Gasteiger partial charge in [-0.3, -0.25) is 0 Å². The molecule has 1 saturated carbocycles. The van der Waals surface area contributed by atoms with Gasteiger partial charge in [0.2, 0.25) is 0 Å². The lowest BCUT2D eigenvalue weighted by Gasteiger charge is -2.21. The van der Waals surface area contributed by atoms with E-state index in [-0.39, 0.29) is 6.61 Å². The number of hydrogen-bond acceptors (Lipinski definition) is 2. The molecule has 1 N–H and O–H groups in total. The van der Waals surface area contributed by atoms with E-state index in [0.717, 1.165) is 29.2 Å². The fourth-order valence-electron chi connectivity index (χ4n) is 3.47. The maximum atomic E-state index is 9.29. The zero-order chi connectivity index (χ0) is 13.8. The summed E-state index contributed by atoms with van der Waals surface area (Å²) in [6, 6.07) is 8.24. The summed E-state index contributed by atoms with van der Waals surface area (Å²) in [6.45, 7) is 0.831. The summed E-state index contributed by atoms with van der Waals surface area (Å²) in [6.07, 6.45) is 9.28. The molecule has 1 aromatic carbocycles. The number of imidazole rings is 1. The van der Waals surface area contributed by atoms with E-state index < -0.39 is 0 Å². The second-order valence-corrected chi connectivity index (χ2v) is 5.93. The van der Waals surface area contributed by atoms with Crippen molar-refractivity contribution in [2.45, 2.75) is 51.5 Å². The van der Waals surface area contributed by atoms with E-state index >= 15 is 0 Å². The first-order valence-corrected chi connectivity index (χ1v) is 7.93. The van der Waals surface area contributed by atoms with E-state index in [4.69, 9.17) is 4.98 Å². The molecule has 0 atom stereocenters. The van der Waals surface area contributed by atoms with Crippen LogP contribution in [-0.2, 0) is 13.0 Å². The Morgan fingerprint density at radius 3 is 2.75 bits per heavy atom. The quantitative estimate of drug-likeness (QED) is 0.904. The number of aryl methyl sites for hydroxylation is 1. The topological polar surface area (TPSA) is 38.0 Å². The lowest BCUT2D eigenvalue weighted by molar-refractivity contribution is 0.274. The van der Waals surface area contributed by atoms with Crippen molar-refractivity contribution in [1.82, 2.24) is 9.55 Å². The average molecular weight is 272 g/mol. The third kappa shape index (κ3) is 2.88. The van der Waals surface area contributed by atoms with Gasteiger partial charge in [0.1, 0.15) is 5.82 Å². The molecule has 0 aliphatic heterocycles. The molecule has 1 aromatic heterocycles. The van der Waals surface area contributed by atoms with Gasteiger partial charge in [0, 0.05) is 13.0 Å². The van der Waals surface area contributed by atoms with E-state index in [2.05, 4.69) is 16.7 Å². The molecule has 0 amide bonds. The maximum Gasteiger partial charge on any atom is 0.109 e. The molecule has 1 fully saturated rings. The van der Waals surface area contributed by atoms with Crippen molar-refractivity contribution in [1.29, 1.82) is 0 Å². The molecule has 20 heavy (non-hydrogen) atoms. The zero-order valence-corrected chi connectivity index (χ0v) is 12.1. The van der Waals surface area contributed by atoms with Gasteiger partial charge in [-0.05, 0) is 24.5 Å². The Balaban J connectivity index is 1.77. The Kier molecular flexibility index (Phi) is 4.36. The molecule has 108 valence electrons. The van der Waals surface area contributed by atoms with Gasteiger partial charge in [-0.1, -0.05) is 44.2 Å². The Bertz CT molecular complexity index is 555. The molecule has 1 heterocycles. The lowest BCUT2D eigenvalue weighted by atomic mass is 9.86. The highest BCUT2D eigenvalue weighted by atomic mass is 16.3. The van der Waals surface area contributed by atoms with Crippen LogP contribution in [0.2, 0.25) is 0 Å². The fraction of sp³-hybridized carbons (Fsp3) is 0.588. The van der Waals surface area contributed by atoms with E-state index in [9.17, 15) is 5.11 Å². The largest absolute Gasteiger partial charge is 0.395 e. The van der Waals surface area contributed by atoms with Crippen LogP contribution in [0, 0.1) is 5.92 Å². The first-order chi connectivity index (χ1) is 9.88. The summed E-state index contributed by atoms with van der Waals surface area (Å²) in [7, 11) is 0. The normalized spacial score (nSPS) is 16.9. The molecule has 3 rings (SSSR count). The minimum atomic E-state index is 0.177. The fourth-order valence-corrected chi connectivity index (χ4v) is 3.47. The summed E-state index contributed by atoms with van der Waals surface area (Å²) in [5.74, 6) is 2.02. The van der Waals surface area contributed by atoms with Crippen LogP contribution in [-0.4, -0.2) is 21.3 Å². The number of fused-ring (bicyclic) bond motifs is 1. The SMILES string of the molecule is OCCn1c(CCC2CCCCC2)nc2ccccc21. The van der Waals surface area contributed by atoms with Crippen LogP contribution in [0.15, 0.2) is 24.3 Å². The summed E-state index contributed by atoms with van der Waals surface area (Å²) in [4.78, 5) is 4.77. The van der Waals surface area contributed by atoms with E-state index in [1.54, 1.807) is 0 Å².